The molecule has 2 aromatic rings. The number of rotatable bonds is 2. The molecule has 0 spiro atoms. The zero-order valence-corrected chi connectivity index (χ0v) is 10.8. The van der Waals surface area contributed by atoms with Crippen molar-refractivity contribution in [3.8, 4) is 0 Å². The summed E-state index contributed by atoms with van der Waals surface area (Å²) in [5.41, 5.74) is 1.50. The highest BCUT2D eigenvalue weighted by atomic mass is 16.1. The van der Waals surface area contributed by atoms with Crippen LogP contribution < -0.4 is 10.6 Å². The maximum Gasteiger partial charge on any atom is 0.255 e. The van der Waals surface area contributed by atoms with Crippen molar-refractivity contribution in [2.24, 2.45) is 0 Å². The first-order valence-corrected chi connectivity index (χ1v) is 6.78. The molecule has 2 N–H and O–H groups in total. The number of carbonyl (C=O) groups excluding carboxylic acids is 1. The molecule has 5 nitrogen and oxygen atoms in total. The predicted octanol–water partition coefficient (Wildman–Crippen LogP) is 1.21. The molecule has 1 unspecified atom stereocenters. The predicted molar refractivity (Wildman–Crippen MR) is 73.2 cm³/mol. The Balaban J connectivity index is 1.76. The van der Waals surface area contributed by atoms with Crippen LogP contribution in [0.25, 0.3) is 5.52 Å². The number of amides is 1. The van der Waals surface area contributed by atoms with Gasteiger partial charge in [-0.2, -0.15) is 5.10 Å². The van der Waals surface area contributed by atoms with Crippen LogP contribution in [-0.4, -0.2) is 34.7 Å². The van der Waals surface area contributed by atoms with Crippen molar-refractivity contribution in [3.05, 3.63) is 36.2 Å². The number of nitrogens with one attached hydrogen (secondary N) is 2. The number of nitrogens with zero attached hydrogens (tertiary/aromatic N) is 2. The smallest absolute Gasteiger partial charge is 0.255 e. The summed E-state index contributed by atoms with van der Waals surface area (Å²) >= 11 is 0. The van der Waals surface area contributed by atoms with E-state index in [9.17, 15) is 4.79 Å². The molecule has 2 aromatic heterocycles. The van der Waals surface area contributed by atoms with Gasteiger partial charge in [0.05, 0.1) is 17.3 Å². The van der Waals surface area contributed by atoms with Gasteiger partial charge in [0.15, 0.2) is 0 Å². The van der Waals surface area contributed by atoms with Gasteiger partial charge in [-0.1, -0.05) is 6.07 Å². The minimum Gasteiger partial charge on any atom is -0.349 e. The molecule has 1 fully saturated rings. The molecule has 1 aliphatic rings. The summed E-state index contributed by atoms with van der Waals surface area (Å²) < 4.78 is 1.73. The van der Waals surface area contributed by atoms with Crippen LogP contribution in [0.15, 0.2) is 30.6 Å². The summed E-state index contributed by atoms with van der Waals surface area (Å²) in [6.07, 6.45) is 6.63. The summed E-state index contributed by atoms with van der Waals surface area (Å²) in [7, 11) is 0. The lowest BCUT2D eigenvalue weighted by Gasteiger charge is -2.15. The number of fused-ring (bicyclic) bond motifs is 1. The topological polar surface area (TPSA) is 58.4 Å². The van der Waals surface area contributed by atoms with Gasteiger partial charge in [0.1, 0.15) is 0 Å². The lowest BCUT2D eigenvalue weighted by molar-refractivity contribution is 0.0935. The van der Waals surface area contributed by atoms with Crippen molar-refractivity contribution in [3.63, 3.8) is 0 Å². The molecular formula is C14H18N4O. The van der Waals surface area contributed by atoms with Crippen LogP contribution in [0, 0.1) is 0 Å². The van der Waals surface area contributed by atoms with E-state index < -0.39 is 0 Å². The number of carbonyl (C=O) groups is 1. The average molecular weight is 258 g/mol. The first kappa shape index (κ1) is 12.2. The van der Waals surface area contributed by atoms with E-state index in [0.717, 1.165) is 37.9 Å². The zero-order valence-electron chi connectivity index (χ0n) is 10.8. The Kier molecular flexibility index (Phi) is 3.46. The van der Waals surface area contributed by atoms with Crippen molar-refractivity contribution >= 4 is 11.4 Å². The maximum absolute atomic E-state index is 12.3. The van der Waals surface area contributed by atoms with E-state index in [1.807, 2.05) is 24.4 Å². The molecule has 0 saturated carbocycles. The van der Waals surface area contributed by atoms with E-state index in [2.05, 4.69) is 15.7 Å². The summed E-state index contributed by atoms with van der Waals surface area (Å²) in [6.45, 7) is 2.02. The third-order valence-corrected chi connectivity index (χ3v) is 3.58. The number of hydrogen-bond acceptors (Lipinski definition) is 3. The first-order chi connectivity index (χ1) is 9.34. The first-order valence-electron chi connectivity index (χ1n) is 6.78. The van der Waals surface area contributed by atoms with Gasteiger partial charge in [-0.05, 0) is 44.5 Å². The molecule has 0 bridgehead atoms. The normalized spacial score (nSPS) is 20.1. The Morgan fingerprint density at radius 2 is 2.32 bits per heavy atom. The van der Waals surface area contributed by atoms with Crippen molar-refractivity contribution in [2.45, 2.75) is 25.3 Å². The van der Waals surface area contributed by atoms with E-state index in [4.69, 9.17) is 0 Å². The second-order valence-electron chi connectivity index (χ2n) is 4.94. The quantitative estimate of drug-likeness (QED) is 0.851. The van der Waals surface area contributed by atoms with Crippen LogP contribution in [-0.2, 0) is 0 Å². The summed E-state index contributed by atoms with van der Waals surface area (Å²) in [5.74, 6) is -0.0203. The molecule has 19 heavy (non-hydrogen) atoms. The number of aromatic nitrogens is 2. The molecule has 3 rings (SSSR count). The SMILES string of the molecule is O=C(NC1CCCNCC1)c1cnn2ccccc12. The Labute approximate surface area is 112 Å². The highest BCUT2D eigenvalue weighted by Crippen LogP contribution is 2.12. The van der Waals surface area contributed by atoms with Gasteiger partial charge in [0.25, 0.3) is 5.91 Å². The molecule has 0 radical (unpaired) electrons. The molecule has 0 aliphatic carbocycles. The lowest BCUT2D eigenvalue weighted by Crippen LogP contribution is -2.35. The third-order valence-electron chi connectivity index (χ3n) is 3.58. The Hall–Kier alpha value is -1.88. The van der Waals surface area contributed by atoms with Crippen molar-refractivity contribution < 1.29 is 4.79 Å². The molecule has 100 valence electrons. The monoisotopic (exact) mass is 258 g/mol. The van der Waals surface area contributed by atoms with Crippen LogP contribution >= 0.6 is 0 Å². The van der Waals surface area contributed by atoms with E-state index in [-0.39, 0.29) is 11.9 Å². The van der Waals surface area contributed by atoms with Crippen molar-refractivity contribution in [2.75, 3.05) is 13.1 Å². The second kappa shape index (κ2) is 5.40. The van der Waals surface area contributed by atoms with Crippen molar-refractivity contribution in [1.29, 1.82) is 0 Å². The number of pyridine rings is 1. The summed E-state index contributed by atoms with van der Waals surface area (Å²) in [6, 6.07) is 6.00. The average Bonchev–Trinajstić information content (AvgIpc) is 2.70. The third kappa shape index (κ3) is 2.61. The zero-order chi connectivity index (χ0) is 13.1. The fourth-order valence-corrected chi connectivity index (χ4v) is 2.54. The Bertz CT molecular complexity index is 570. The minimum absolute atomic E-state index is 0.0203. The van der Waals surface area contributed by atoms with Gasteiger partial charge < -0.3 is 10.6 Å². The standard InChI is InChI=1S/C14H18N4O/c19-14(17-11-4-3-7-15-8-6-11)12-10-16-18-9-2-1-5-13(12)18/h1-2,5,9-11,15H,3-4,6-8H2,(H,17,19). The molecule has 5 heteroatoms. The van der Waals surface area contributed by atoms with E-state index in [1.54, 1.807) is 10.7 Å². The largest absolute Gasteiger partial charge is 0.349 e. The summed E-state index contributed by atoms with van der Waals surface area (Å²) in [5, 5.41) is 10.7. The van der Waals surface area contributed by atoms with Gasteiger partial charge in [-0.3, -0.25) is 4.79 Å². The lowest BCUT2D eigenvalue weighted by atomic mass is 10.1. The number of hydrogen-bond donors (Lipinski definition) is 2. The molecule has 3 heterocycles. The fraction of sp³-hybridized carbons (Fsp3) is 0.429. The molecule has 1 saturated heterocycles. The van der Waals surface area contributed by atoms with Crippen LogP contribution in [0.2, 0.25) is 0 Å². The highest BCUT2D eigenvalue weighted by Gasteiger charge is 2.18. The van der Waals surface area contributed by atoms with Gasteiger partial charge >= 0.3 is 0 Å². The fourth-order valence-electron chi connectivity index (χ4n) is 2.54. The highest BCUT2D eigenvalue weighted by molar-refractivity contribution is 6.00. The van der Waals surface area contributed by atoms with Crippen molar-refractivity contribution in [1.82, 2.24) is 20.2 Å². The van der Waals surface area contributed by atoms with Crippen LogP contribution in [0.5, 0.6) is 0 Å². The molecular weight excluding hydrogens is 240 g/mol. The van der Waals surface area contributed by atoms with Gasteiger partial charge in [0, 0.05) is 12.2 Å². The van der Waals surface area contributed by atoms with Gasteiger partial charge in [-0.15, -0.1) is 0 Å². The van der Waals surface area contributed by atoms with E-state index in [0.29, 0.717) is 5.56 Å². The molecule has 0 aromatic carbocycles. The van der Waals surface area contributed by atoms with E-state index in [1.165, 1.54) is 0 Å². The van der Waals surface area contributed by atoms with Crippen LogP contribution in [0.3, 0.4) is 0 Å². The maximum atomic E-state index is 12.3. The van der Waals surface area contributed by atoms with Gasteiger partial charge in [-0.25, -0.2) is 4.52 Å². The molecule has 1 amide bonds. The molecule has 1 atom stereocenters. The molecule has 1 aliphatic heterocycles. The minimum atomic E-state index is -0.0203. The second-order valence-corrected chi connectivity index (χ2v) is 4.94. The van der Waals surface area contributed by atoms with Gasteiger partial charge in [0.2, 0.25) is 0 Å². The Morgan fingerprint density at radius 3 is 3.26 bits per heavy atom. The van der Waals surface area contributed by atoms with Crippen LogP contribution in [0.4, 0.5) is 0 Å². The summed E-state index contributed by atoms with van der Waals surface area (Å²) in [4.78, 5) is 12.3. The van der Waals surface area contributed by atoms with Crippen LogP contribution in [0.1, 0.15) is 29.6 Å². The van der Waals surface area contributed by atoms with E-state index >= 15 is 0 Å². The Morgan fingerprint density at radius 1 is 1.37 bits per heavy atom.